The highest BCUT2D eigenvalue weighted by Crippen LogP contribution is 2.29. The van der Waals surface area contributed by atoms with Crippen LogP contribution in [0.2, 0.25) is 0 Å². The van der Waals surface area contributed by atoms with Gasteiger partial charge in [-0.3, -0.25) is 4.79 Å². The van der Waals surface area contributed by atoms with Gasteiger partial charge in [0, 0.05) is 63.3 Å². The van der Waals surface area contributed by atoms with E-state index in [2.05, 4.69) is 10.0 Å². The molecule has 1 aliphatic rings. The Morgan fingerprint density at radius 2 is 1.81 bits per heavy atom. The van der Waals surface area contributed by atoms with Crippen LogP contribution in [0.5, 0.6) is 11.5 Å². The molecule has 1 aliphatic heterocycles. The van der Waals surface area contributed by atoms with Crippen molar-refractivity contribution in [2.75, 3.05) is 47.1 Å². The van der Waals surface area contributed by atoms with E-state index in [1.54, 1.807) is 61.6 Å². The Balaban J connectivity index is 1.74. The molecular formula is C27H39N3O6S. The first-order valence-corrected chi connectivity index (χ1v) is 14.0. The number of hydrogen-bond donors (Lipinski definition) is 2. The predicted octanol–water partition coefficient (Wildman–Crippen LogP) is 2.84. The van der Waals surface area contributed by atoms with E-state index in [0.717, 1.165) is 5.56 Å². The van der Waals surface area contributed by atoms with Gasteiger partial charge in [0.25, 0.3) is 5.91 Å². The first-order chi connectivity index (χ1) is 17.7. The maximum absolute atomic E-state index is 13.6. The minimum Gasteiger partial charge on any atom is -0.493 e. The van der Waals surface area contributed by atoms with Crippen LogP contribution in [0.4, 0.5) is 0 Å². The van der Waals surface area contributed by atoms with E-state index in [1.807, 2.05) is 20.8 Å². The first kappa shape index (κ1) is 28.9. The summed E-state index contributed by atoms with van der Waals surface area (Å²) in [6, 6.07) is 11.5. The molecule has 10 heteroatoms. The molecule has 2 N–H and O–H groups in total. The Bertz CT molecular complexity index is 1140. The number of aryl methyl sites for hydroxylation is 1. The van der Waals surface area contributed by atoms with Crippen molar-refractivity contribution < 1.29 is 27.4 Å². The number of methoxy groups -OCH3 is 2. The van der Waals surface area contributed by atoms with Crippen LogP contribution >= 0.6 is 0 Å². The second-order valence-corrected chi connectivity index (χ2v) is 11.3. The topological polar surface area (TPSA) is 106 Å². The van der Waals surface area contributed by atoms with Crippen molar-refractivity contribution in [3.63, 3.8) is 0 Å². The quantitative estimate of drug-likeness (QED) is 0.382. The third kappa shape index (κ3) is 7.67. The molecule has 3 rings (SSSR count). The maximum atomic E-state index is 13.6. The Labute approximate surface area is 220 Å². The van der Waals surface area contributed by atoms with Gasteiger partial charge in [0.05, 0.1) is 18.6 Å². The molecule has 1 saturated heterocycles. The van der Waals surface area contributed by atoms with Gasteiger partial charge in [-0.05, 0) is 51.1 Å². The zero-order chi connectivity index (χ0) is 27.0. The zero-order valence-electron chi connectivity index (χ0n) is 22.3. The summed E-state index contributed by atoms with van der Waals surface area (Å²) >= 11 is 0. The summed E-state index contributed by atoms with van der Waals surface area (Å²) in [6.45, 7) is 8.34. The molecule has 37 heavy (non-hydrogen) atoms. The fraction of sp³-hybridized carbons (Fsp3) is 0.519. The molecule has 0 aliphatic carbocycles. The minimum absolute atomic E-state index is 0.0874. The molecule has 204 valence electrons. The largest absolute Gasteiger partial charge is 0.493 e. The molecule has 2 aromatic carbocycles. The Hall–Kier alpha value is -2.66. The normalized spacial score (nSPS) is 17.7. The first-order valence-electron chi connectivity index (χ1n) is 12.6. The summed E-state index contributed by atoms with van der Waals surface area (Å²) in [4.78, 5) is 15.6. The highest BCUT2D eigenvalue weighted by atomic mass is 32.2. The second kappa shape index (κ2) is 13.2. The van der Waals surface area contributed by atoms with E-state index in [0.29, 0.717) is 56.3 Å². The highest BCUT2D eigenvalue weighted by Gasteiger charge is 2.34. The fourth-order valence-corrected chi connectivity index (χ4v) is 5.61. The van der Waals surface area contributed by atoms with Gasteiger partial charge in [-0.1, -0.05) is 17.7 Å². The lowest BCUT2D eigenvalue weighted by Crippen LogP contribution is -2.47. The molecule has 0 saturated carbocycles. The Morgan fingerprint density at radius 1 is 1.08 bits per heavy atom. The molecular weight excluding hydrogens is 494 g/mol. The summed E-state index contributed by atoms with van der Waals surface area (Å²) < 4.78 is 45.2. The summed E-state index contributed by atoms with van der Waals surface area (Å²) in [5.74, 6) is 0.816. The summed E-state index contributed by atoms with van der Waals surface area (Å²) in [5, 5.41) is 3.27. The molecule has 1 fully saturated rings. The fourth-order valence-electron chi connectivity index (χ4n) is 4.30. The van der Waals surface area contributed by atoms with Gasteiger partial charge in [-0.25, -0.2) is 13.1 Å². The number of hydrogen-bond acceptors (Lipinski definition) is 7. The number of nitrogens with zero attached hydrogens (tertiary/aromatic N) is 1. The molecule has 0 bridgehead atoms. The van der Waals surface area contributed by atoms with Crippen LogP contribution in [0, 0.1) is 12.8 Å². The van der Waals surface area contributed by atoms with Gasteiger partial charge >= 0.3 is 0 Å². The average Bonchev–Trinajstić information content (AvgIpc) is 3.30. The van der Waals surface area contributed by atoms with E-state index >= 15 is 0 Å². The zero-order valence-corrected chi connectivity index (χ0v) is 23.1. The number of rotatable bonds is 13. The smallest absolute Gasteiger partial charge is 0.254 e. The number of nitrogens with one attached hydrogen (secondary N) is 2. The van der Waals surface area contributed by atoms with Crippen LogP contribution in [0.25, 0.3) is 0 Å². The van der Waals surface area contributed by atoms with Crippen molar-refractivity contribution in [3.8, 4) is 11.5 Å². The van der Waals surface area contributed by atoms with Crippen molar-refractivity contribution in [1.82, 2.24) is 14.9 Å². The standard InChI is InChI=1S/C27H39N3O6S/c1-19(2)30(27(31)21-9-12-25(35-5)26(15-21)36-14-6-13-34-4)18-22-16-28-17-24(22)29-37(32,33)23-10-7-20(3)8-11-23/h7-12,15,19,22,24,28-29H,6,13-14,16-18H2,1-5H3. The van der Waals surface area contributed by atoms with E-state index in [-0.39, 0.29) is 28.8 Å². The molecule has 1 amide bonds. The van der Waals surface area contributed by atoms with Gasteiger partial charge in [0.2, 0.25) is 10.0 Å². The Kier molecular flexibility index (Phi) is 10.3. The molecule has 0 aromatic heterocycles. The number of ether oxygens (including phenoxy) is 3. The van der Waals surface area contributed by atoms with Crippen molar-refractivity contribution in [1.29, 1.82) is 0 Å². The lowest BCUT2D eigenvalue weighted by molar-refractivity contribution is 0.0671. The number of carbonyl (C=O) groups is 1. The predicted molar refractivity (Wildman–Crippen MR) is 143 cm³/mol. The summed E-state index contributed by atoms with van der Waals surface area (Å²) in [5.41, 5.74) is 1.48. The van der Waals surface area contributed by atoms with E-state index in [9.17, 15) is 13.2 Å². The van der Waals surface area contributed by atoms with Gasteiger partial charge in [0.15, 0.2) is 11.5 Å². The lowest BCUT2D eigenvalue weighted by Gasteiger charge is -2.32. The van der Waals surface area contributed by atoms with Crippen molar-refractivity contribution >= 4 is 15.9 Å². The number of carbonyl (C=O) groups excluding carboxylic acids is 1. The number of sulfonamides is 1. The van der Waals surface area contributed by atoms with Crippen molar-refractivity contribution in [3.05, 3.63) is 53.6 Å². The van der Waals surface area contributed by atoms with Gasteiger partial charge < -0.3 is 24.4 Å². The van der Waals surface area contributed by atoms with Crippen LogP contribution in [0.1, 0.15) is 36.2 Å². The molecule has 2 atom stereocenters. The van der Waals surface area contributed by atoms with Crippen LogP contribution in [-0.2, 0) is 14.8 Å². The minimum atomic E-state index is -3.68. The van der Waals surface area contributed by atoms with Gasteiger partial charge in [0.1, 0.15) is 0 Å². The summed E-state index contributed by atoms with van der Waals surface area (Å²) in [7, 11) is -0.484. The van der Waals surface area contributed by atoms with Crippen LogP contribution in [-0.4, -0.2) is 78.4 Å². The Morgan fingerprint density at radius 3 is 2.46 bits per heavy atom. The van der Waals surface area contributed by atoms with Gasteiger partial charge in [-0.15, -0.1) is 0 Å². The van der Waals surface area contributed by atoms with Gasteiger partial charge in [-0.2, -0.15) is 0 Å². The molecule has 2 unspecified atom stereocenters. The van der Waals surface area contributed by atoms with Crippen LogP contribution < -0.4 is 19.5 Å². The molecule has 9 nitrogen and oxygen atoms in total. The third-order valence-corrected chi connectivity index (χ3v) is 7.96. The van der Waals surface area contributed by atoms with Crippen LogP contribution in [0.3, 0.4) is 0 Å². The SMILES string of the molecule is COCCCOc1cc(C(=O)N(CC2CNCC2NS(=O)(=O)c2ccc(C)cc2)C(C)C)ccc1OC. The lowest BCUT2D eigenvalue weighted by atomic mass is 10.0. The second-order valence-electron chi connectivity index (χ2n) is 9.57. The van der Waals surface area contributed by atoms with E-state index in [1.165, 1.54) is 0 Å². The van der Waals surface area contributed by atoms with E-state index < -0.39 is 10.0 Å². The van der Waals surface area contributed by atoms with Crippen LogP contribution in [0.15, 0.2) is 47.4 Å². The number of amides is 1. The molecule has 2 aromatic rings. The molecule has 0 radical (unpaired) electrons. The monoisotopic (exact) mass is 533 g/mol. The highest BCUT2D eigenvalue weighted by molar-refractivity contribution is 7.89. The number of benzene rings is 2. The third-order valence-electron chi connectivity index (χ3n) is 6.45. The van der Waals surface area contributed by atoms with Crippen molar-refractivity contribution in [2.45, 2.75) is 44.2 Å². The summed E-state index contributed by atoms with van der Waals surface area (Å²) in [6.07, 6.45) is 0.713. The molecule has 1 heterocycles. The maximum Gasteiger partial charge on any atom is 0.254 e. The van der Waals surface area contributed by atoms with E-state index in [4.69, 9.17) is 14.2 Å². The molecule has 0 spiro atoms. The average molecular weight is 534 g/mol. The van der Waals surface area contributed by atoms with Crippen molar-refractivity contribution in [2.24, 2.45) is 5.92 Å².